The lowest BCUT2D eigenvalue weighted by atomic mass is 10.2. The molecule has 0 saturated carbocycles. The number of hydrogen-bond donors (Lipinski definition) is 2. The van der Waals surface area contributed by atoms with Crippen LogP contribution in [0.15, 0.2) is 72.8 Å². The van der Waals surface area contributed by atoms with Crippen molar-refractivity contribution in [1.82, 2.24) is 20.7 Å². The highest BCUT2D eigenvalue weighted by Gasteiger charge is 2.44. The summed E-state index contributed by atoms with van der Waals surface area (Å²) in [6.45, 7) is 0. The first-order valence-electron chi connectivity index (χ1n) is 8.38. The van der Waals surface area contributed by atoms with Gasteiger partial charge in [-0.15, -0.1) is 0 Å². The monoisotopic (exact) mass is 378 g/mol. The quantitative estimate of drug-likeness (QED) is 0.794. The predicted molar refractivity (Wildman–Crippen MR) is 114 cm³/mol. The number of hydrogen-bond acceptors (Lipinski definition) is 2. The lowest BCUT2D eigenvalue weighted by Crippen LogP contribution is -2.40. The van der Waals surface area contributed by atoms with E-state index in [0.29, 0.717) is 10.2 Å². The van der Waals surface area contributed by atoms with Gasteiger partial charge in [0.15, 0.2) is 10.2 Å². The number of benzene rings is 2. The Morgan fingerprint density at radius 1 is 0.654 bits per heavy atom. The van der Waals surface area contributed by atoms with Crippen LogP contribution in [0.1, 0.15) is 11.1 Å². The highest BCUT2D eigenvalue weighted by atomic mass is 32.1. The van der Waals surface area contributed by atoms with Gasteiger partial charge in [-0.25, -0.2) is 10.0 Å². The largest absolute Gasteiger partial charge is 0.336 e. The predicted octanol–water partition coefficient (Wildman–Crippen LogP) is 3.36. The van der Waals surface area contributed by atoms with Crippen LogP contribution in [0.4, 0.5) is 0 Å². The number of hydrazine groups is 1. The maximum Gasteiger partial charge on any atom is 0.192 e. The summed E-state index contributed by atoms with van der Waals surface area (Å²) in [6.07, 6.45) is 8.08. The molecule has 2 atom stereocenters. The second-order valence-electron chi connectivity index (χ2n) is 6.02. The van der Waals surface area contributed by atoms with Crippen molar-refractivity contribution in [2.24, 2.45) is 0 Å². The Kier molecular flexibility index (Phi) is 4.69. The molecule has 4 nitrogen and oxygen atoms in total. The highest BCUT2D eigenvalue weighted by Crippen LogP contribution is 2.23. The Morgan fingerprint density at radius 2 is 1.04 bits per heavy atom. The second kappa shape index (κ2) is 7.27. The van der Waals surface area contributed by atoms with E-state index in [1.807, 2.05) is 46.4 Å². The molecule has 2 aromatic rings. The Morgan fingerprint density at radius 3 is 1.42 bits per heavy atom. The van der Waals surface area contributed by atoms with E-state index in [2.05, 4.69) is 59.2 Å². The standard InChI is InChI=1S/C20H18N4S2/c25-19-21-17(13-11-15-7-3-1-4-8-15)23-20(26)22-18(24(19)23)14-12-16-9-5-2-6-10-16/h1-14,17-18H,(H,21,25)(H,22,26). The van der Waals surface area contributed by atoms with Crippen molar-refractivity contribution in [1.29, 1.82) is 0 Å². The zero-order valence-corrected chi connectivity index (χ0v) is 15.6. The number of nitrogens with one attached hydrogen (secondary N) is 2. The lowest BCUT2D eigenvalue weighted by molar-refractivity contribution is 0.152. The molecule has 2 unspecified atom stereocenters. The number of fused-ring (bicyclic) bond motifs is 1. The van der Waals surface area contributed by atoms with E-state index in [9.17, 15) is 0 Å². The zero-order valence-electron chi connectivity index (χ0n) is 13.9. The van der Waals surface area contributed by atoms with Gasteiger partial charge in [0.1, 0.15) is 12.3 Å². The van der Waals surface area contributed by atoms with Crippen molar-refractivity contribution in [3.63, 3.8) is 0 Å². The molecule has 0 aromatic heterocycles. The molecule has 2 aromatic carbocycles. The van der Waals surface area contributed by atoms with Crippen molar-refractivity contribution < 1.29 is 0 Å². The van der Waals surface area contributed by atoms with Crippen molar-refractivity contribution >= 4 is 46.8 Å². The maximum atomic E-state index is 5.53. The van der Waals surface area contributed by atoms with E-state index in [4.69, 9.17) is 24.4 Å². The van der Waals surface area contributed by atoms with E-state index >= 15 is 0 Å². The molecular formula is C20H18N4S2. The molecule has 2 heterocycles. The molecule has 0 bridgehead atoms. The average Bonchev–Trinajstić information content (AvgIpc) is 3.18. The van der Waals surface area contributed by atoms with Crippen LogP contribution >= 0.6 is 24.4 Å². The molecule has 130 valence electrons. The van der Waals surface area contributed by atoms with Crippen molar-refractivity contribution in [2.75, 3.05) is 0 Å². The summed E-state index contributed by atoms with van der Waals surface area (Å²) in [5, 5.41) is 11.9. The van der Waals surface area contributed by atoms with Crippen molar-refractivity contribution in [3.8, 4) is 0 Å². The summed E-state index contributed by atoms with van der Waals surface area (Å²) >= 11 is 11.1. The summed E-state index contributed by atoms with van der Waals surface area (Å²) in [5.74, 6) is 0. The van der Waals surface area contributed by atoms with E-state index in [-0.39, 0.29) is 12.3 Å². The summed E-state index contributed by atoms with van der Waals surface area (Å²) in [5.41, 5.74) is 2.27. The van der Waals surface area contributed by atoms with Crippen LogP contribution in [0, 0.1) is 0 Å². The van der Waals surface area contributed by atoms with Gasteiger partial charge in [-0.05, 0) is 47.7 Å². The molecule has 0 aliphatic carbocycles. The molecule has 2 aliphatic heterocycles. The van der Waals surface area contributed by atoms with Gasteiger partial charge in [0.25, 0.3) is 0 Å². The Bertz CT molecular complexity index is 790. The van der Waals surface area contributed by atoms with Crippen molar-refractivity contribution in [2.45, 2.75) is 12.3 Å². The molecule has 4 rings (SSSR count). The summed E-state index contributed by atoms with van der Waals surface area (Å²) in [4.78, 5) is 0. The molecule has 0 spiro atoms. The Labute approximate surface area is 163 Å². The number of nitrogens with zero attached hydrogens (tertiary/aromatic N) is 2. The summed E-state index contributed by atoms with van der Waals surface area (Å²) < 4.78 is 0. The minimum Gasteiger partial charge on any atom is -0.336 e. The fraction of sp³-hybridized carbons (Fsp3) is 0.100. The van der Waals surface area contributed by atoms with E-state index in [1.165, 1.54) is 0 Å². The van der Waals surface area contributed by atoms with Crippen LogP contribution in [0.25, 0.3) is 12.2 Å². The van der Waals surface area contributed by atoms with Crippen molar-refractivity contribution in [3.05, 3.63) is 83.9 Å². The van der Waals surface area contributed by atoms with Gasteiger partial charge in [-0.3, -0.25) is 0 Å². The van der Waals surface area contributed by atoms with Gasteiger partial charge in [-0.1, -0.05) is 72.8 Å². The van der Waals surface area contributed by atoms with Crippen LogP contribution in [-0.2, 0) is 0 Å². The Hall–Kier alpha value is -2.70. The second-order valence-corrected chi connectivity index (χ2v) is 6.79. The van der Waals surface area contributed by atoms with Gasteiger partial charge in [0, 0.05) is 0 Å². The van der Waals surface area contributed by atoms with Gasteiger partial charge in [0.2, 0.25) is 0 Å². The lowest BCUT2D eigenvalue weighted by Gasteiger charge is -2.23. The van der Waals surface area contributed by atoms with E-state index < -0.39 is 0 Å². The summed E-state index contributed by atoms with van der Waals surface area (Å²) in [6, 6.07) is 20.3. The van der Waals surface area contributed by atoms with Gasteiger partial charge in [-0.2, -0.15) is 0 Å². The topological polar surface area (TPSA) is 30.5 Å². The van der Waals surface area contributed by atoms with Crippen LogP contribution in [0.3, 0.4) is 0 Å². The molecule has 2 aliphatic rings. The smallest absolute Gasteiger partial charge is 0.192 e. The van der Waals surface area contributed by atoms with E-state index in [1.54, 1.807) is 0 Å². The minimum absolute atomic E-state index is 0.0992. The molecule has 26 heavy (non-hydrogen) atoms. The van der Waals surface area contributed by atoms with Gasteiger partial charge in [0.05, 0.1) is 0 Å². The number of thiocarbonyl (C=S) groups is 2. The Balaban J connectivity index is 1.52. The number of rotatable bonds is 4. The highest BCUT2D eigenvalue weighted by molar-refractivity contribution is 7.80. The molecule has 0 amide bonds. The van der Waals surface area contributed by atoms with E-state index in [0.717, 1.165) is 11.1 Å². The molecule has 2 fully saturated rings. The fourth-order valence-electron chi connectivity index (χ4n) is 3.02. The molecule has 6 heteroatoms. The fourth-order valence-corrected chi connectivity index (χ4v) is 3.66. The van der Waals surface area contributed by atoms with Crippen LogP contribution < -0.4 is 10.6 Å². The van der Waals surface area contributed by atoms with Crippen LogP contribution in [0.2, 0.25) is 0 Å². The third kappa shape index (κ3) is 3.34. The molecule has 2 N–H and O–H groups in total. The maximum absolute atomic E-state index is 5.53. The third-order valence-corrected chi connectivity index (χ3v) is 4.87. The SMILES string of the molecule is S=C1NC(C=Cc2ccccc2)N2C(=S)NC(C=Cc3ccccc3)N12. The first-order chi connectivity index (χ1) is 12.7. The summed E-state index contributed by atoms with van der Waals surface area (Å²) in [7, 11) is 0. The molecule has 2 saturated heterocycles. The van der Waals surface area contributed by atoms with Crippen LogP contribution in [-0.4, -0.2) is 32.6 Å². The van der Waals surface area contributed by atoms with Gasteiger partial charge >= 0.3 is 0 Å². The third-order valence-electron chi connectivity index (χ3n) is 4.26. The molecular weight excluding hydrogens is 360 g/mol. The first kappa shape index (κ1) is 16.8. The first-order valence-corrected chi connectivity index (χ1v) is 9.20. The van der Waals surface area contributed by atoms with Crippen LogP contribution in [0.5, 0.6) is 0 Å². The average molecular weight is 379 g/mol. The molecule has 0 radical (unpaired) electrons. The zero-order chi connectivity index (χ0) is 17.9. The normalized spacial score (nSPS) is 22.2. The van der Waals surface area contributed by atoms with Gasteiger partial charge < -0.3 is 10.6 Å². The minimum atomic E-state index is -0.0992.